The van der Waals surface area contributed by atoms with Crippen molar-refractivity contribution in [2.45, 2.75) is 44.1 Å². The minimum Gasteiger partial charge on any atom is -0.0652 e. The summed E-state index contributed by atoms with van der Waals surface area (Å²) in [6, 6.07) is 9.01. The fraction of sp³-hybridized carbons (Fsp3) is 0.571. The summed E-state index contributed by atoms with van der Waals surface area (Å²) in [7, 11) is 0.566. The molecule has 82 valence electrons. The molecule has 0 saturated heterocycles. The molecular weight excluding hydrogens is 200 g/mol. The van der Waals surface area contributed by atoms with Crippen molar-refractivity contribution in [3.05, 3.63) is 35.4 Å². The Bertz CT molecular complexity index is 341. The topological polar surface area (TPSA) is 0 Å². The van der Waals surface area contributed by atoms with Gasteiger partial charge < -0.3 is 0 Å². The number of benzene rings is 1. The number of rotatable bonds is 3. The lowest BCUT2D eigenvalue weighted by atomic mass is 9.98. The summed E-state index contributed by atoms with van der Waals surface area (Å²) in [6.45, 7) is 7.15. The monoisotopic (exact) mass is 221 g/mol. The average Bonchev–Trinajstić information content (AvgIpc) is 2.48. The molecule has 1 aliphatic rings. The van der Waals surface area contributed by atoms with Crippen molar-refractivity contribution in [2.24, 2.45) is 0 Å². The van der Waals surface area contributed by atoms with Crippen molar-refractivity contribution in [3.8, 4) is 0 Å². The highest BCUT2D eigenvalue weighted by molar-refractivity contribution is 7.97. The second-order valence-corrected chi connectivity index (χ2v) is 7.57. The molecule has 1 aliphatic heterocycles. The quantitative estimate of drug-likeness (QED) is 0.680. The lowest BCUT2D eigenvalue weighted by molar-refractivity contribution is 0.773. The van der Waals surface area contributed by atoms with E-state index in [0.29, 0.717) is 15.6 Å². The molecular formula is C14H21S+. The zero-order valence-electron chi connectivity index (χ0n) is 10.0. The van der Waals surface area contributed by atoms with Crippen LogP contribution >= 0.6 is 0 Å². The molecule has 0 saturated carbocycles. The third-order valence-electron chi connectivity index (χ3n) is 3.46. The Labute approximate surface area is 96.4 Å². The van der Waals surface area contributed by atoms with Gasteiger partial charge in [-0.2, -0.15) is 0 Å². The summed E-state index contributed by atoms with van der Waals surface area (Å²) in [6.07, 6.45) is 2.72. The van der Waals surface area contributed by atoms with E-state index in [2.05, 4.69) is 45.0 Å². The van der Waals surface area contributed by atoms with Crippen molar-refractivity contribution >= 4 is 10.9 Å². The Morgan fingerprint density at radius 3 is 2.67 bits per heavy atom. The van der Waals surface area contributed by atoms with Crippen LogP contribution in [0, 0.1) is 0 Å². The SMILES string of the molecule is CCCC[S+]1Cc2ccccc2C1(C)C. The van der Waals surface area contributed by atoms with Gasteiger partial charge in [-0.05, 0) is 20.3 Å². The van der Waals surface area contributed by atoms with Gasteiger partial charge in [0.15, 0.2) is 0 Å². The summed E-state index contributed by atoms with van der Waals surface area (Å²) in [5, 5.41) is 0. The van der Waals surface area contributed by atoms with Crippen molar-refractivity contribution in [2.75, 3.05) is 5.75 Å². The molecule has 0 fully saturated rings. The normalized spacial score (nSPS) is 22.7. The third kappa shape index (κ3) is 1.94. The first-order valence-electron chi connectivity index (χ1n) is 5.92. The standard InChI is InChI=1S/C14H21S/c1-4-5-10-15-11-12-8-6-7-9-13(12)14(15,2)3/h6-9H,4-5,10-11H2,1-3H3/q+1. The fourth-order valence-corrected chi connectivity index (χ4v) is 5.19. The van der Waals surface area contributed by atoms with Crippen molar-refractivity contribution in [1.82, 2.24) is 0 Å². The van der Waals surface area contributed by atoms with Crippen molar-refractivity contribution in [1.29, 1.82) is 0 Å². The average molecular weight is 221 g/mol. The maximum atomic E-state index is 2.43. The number of hydrogen-bond acceptors (Lipinski definition) is 0. The predicted molar refractivity (Wildman–Crippen MR) is 70.3 cm³/mol. The highest BCUT2D eigenvalue weighted by Crippen LogP contribution is 2.43. The van der Waals surface area contributed by atoms with E-state index in [1.54, 1.807) is 11.1 Å². The largest absolute Gasteiger partial charge is 0.148 e. The maximum Gasteiger partial charge on any atom is 0.148 e. The summed E-state index contributed by atoms with van der Waals surface area (Å²) >= 11 is 0. The molecule has 1 heterocycles. The van der Waals surface area contributed by atoms with Gasteiger partial charge in [0.2, 0.25) is 0 Å². The molecule has 15 heavy (non-hydrogen) atoms. The zero-order chi connectivity index (χ0) is 10.9. The van der Waals surface area contributed by atoms with Gasteiger partial charge in [-0.25, -0.2) is 0 Å². The number of fused-ring (bicyclic) bond motifs is 1. The number of unbranched alkanes of at least 4 members (excludes halogenated alkanes) is 1. The van der Waals surface area contributed by atoms with E-state index in [1.165, 1.54) is 24.3 Å². The van der Waals surface area contributed by atoms with Crippen LogP contribution in [0.1, 0.15) is 44.7 Å². The van der Waals surface area contributed by atoms with Crippen LogP contribution in [0.25, 0.3) is 0 Å². The molecule has 0 nitrogen and oxygen atoms in total. The van der Waals surface area contributed by atoms with Gasteiger partial charge in [0.1, 0.15) is 16.3 Å². The molecule has 1 heteroatoms. The van der Waals surface area contributed by atoms with Crippen LogP contribution in [0.3, 0.4) is 0 Å². The summed E-state index contributed by atoms with van der Waals surface area (Å²) in [5.74, 6) is 2.74. The summed E-state index contributed by atoms with van der Waals surface area (Å²) < 4.78 is 0.422. The molecule has 1 aromatic carbocycles. The Kier molecular flexibility index (Phi) is 3.11. The van der Waals surface area contributed by atoms with E-state index in [1.807, 2.05) is 0 Å². The first-order valence-corrected chi connectivity index (χ1v) is 7.48. The van der Waals surface area contributed by atoms with Gasteiger partial charge >= 0.3 is 0 Å². The van der Waals surface area contributed by atoms with Crippen LogP contribution in [-0.4, -0.2) is 5.75 Å². The van der Waals surface area contributed by atoms with Crippen LogP contribution < -0.4 is 0 Å². The van der Waals surface area contributed by atoms with Gasteiger partial charge in [0.05, 0.1) is 0 Å². The van der Waals surface area contributed by atoms with E-state index in [0.717, 1.165) is 0 Å². The van der Waals surface area contributed by atoms with Crippen LogP contribution in [-0.2, 0) is 21.4 Å². The zero-order valence-corrected chi connectivity index (χ0v) is 10.9. The van der Waals surface area contributed by atoms with Gasteiger partial charge in [-0.1, -0.05) is 37.6 Å². The molecule has 0 N–H and O–H groups in total. The molecule has 1 unspecified atom stereocenters. The molecule has 1 atom stereocenters. The van der Waals surface area contributed by atoms with Crippen LogP contribution in [0.5, 0.6) is 0 Å². The highest BCUT2D eigenvalue weighted by atomic mass is 32.2. The van der Waals surface area contributed by atoms with E-state index in [-0.39, 0.29) is 0 Å². The van der Waals surface area contributed by atoms with Crippen molar-refractivity contribution in [3.63, 3.8) is 0 Å². The van der Waals surface area contributed by atoms with Crippen LogP contribution in [0.2, 0.25) is 0 Å². The molecule has 0 amide bonds. The molecule has 0 aromatic heterocycles. The smallest absolute Gasteiger partial charge is 0.0652 e. The number of hydrogen-bond donors (Lipinski definition) is 0. The highest BCUT2D eigenvalue weighted by Gasteiger charge is 2.47. The summed E-state index contributed by atoms with van der Waals surface area (Å²) in [5.41, 5.74) is 3.20. The Morgan fingerprint density at radius 1 is 1.27 bits per heavy atom. The van der Waals surface area contributed by atoms with E-state index in [9.17, 15) is 0 Å². The molecule has 1 aromatic rings. The first-order chi connectivity index (χ1) is 7.16. The second-order valence-electron chi connectivity index (χ2n) is 4.86. The van der Waals surface area contributed by atoms with Crippen molar-refractivity contribution < 1.29 is 0 Å². The van der Waals surface area contributed by atoms with Crippen LogP contribution in [0.15, 0.2) is 24.3 Å². The van der Waals surface area contributed by atoms with E-state index in [4.69, 9.17) is 0 Å². The maximum absolute atomic E-state index is 2.43. The Hall–Kier alpha value is -0.430. The van der Waals surface area contributed by atoms with Gasteiger partial charge in [0, 0.05) is 22.0 Å². The molecule has 0 aliphatic carbocycles. The molecule has 0 bridgehead atoms. The molecule has 0 radical (unpaired) electrons. The van der Waals surface area contributed by atoms with Gasteiger partial charge in [-0.3, -0.25) is 0 Å². The second kappa shape index (κ2) is 4.21. The van der Waals surface area contributed by atoms with Gasteiger partial charge in [0.25, 0.3) is 0 Å². The van der Waals surface area contributed by atoms with E-state index < -0.39 is 0 Å². The summed E-state index contributed by atoms with van der Waals surface area (Å²) in [4.78, 5) is 0. The lowest BCUT2D eigenvalue weighted by Gasteiger charge is -2.19. The molecule has 0 spiro atoms. The molecule has 2 rings (SSSR count). The lowest BCUT2D eigenvalue weighted by Crippen LogP contribution is -2.26. The minimum absolute atomic E-state index is 0.422. The van der Waals surface area contributed by atoms with Gasteiger partial charge in [-0.15, -0.1) is 0 Å². The predicted octanol–water partition coefficient (Wildman–Crippen LogP) is 3.85. The Morgan fingerprint density at radius 2 is 2.00 bits per heavy atom. The Balaban J connectivity index is 2.22. The first kappa shape index (κ1) is 11.1. The van der Waals surface area contributed by atoms with E-state index >= 15 is 0 Å². The van der Waals surface area contributed by atoms with Crippen LogP contribution in [0.4, 0.5) is 0 Å². The minimum atomic E-state index is 0.422. The third-order valence-corrected chi connectivity index (χ3v) is 6.57. The fourth-order valence-electron chi connectivity index (χ4n) is 2.40.